The van der Waals surface area contributed by atoms with E-state index in [0.717, 1.165) is 52.4 Å². The third-order valence-corrected chi connectivity index (χ3v) is 7.25. The monoisotopic (exact) mass is 441 g/mol. The zero-order valence-corrected chi connectivity index (χ0v) is 20.0. The molecule has 0 fully saturated rings. The topological polar surface area (TPSA) is 70.0 Å². The first-order valence-electron chi connectivity index (χ1n) is 11.7. The average molecular weight is 442 g/mol. The fourth-order valence-corrected chi connectivity index (χ4v) is 5.72. The van der Waals surface area contributed by atoms with E-state index in [1.807, 2.05) is 38.4 Å². The molecule has 0 saturated heterocycles. The SMILES string of the molecule is CC[C@@]1(c2cccc(N(C)c3cccc(C)n3)c2)C2=CN=NC2NC2=C1C(=O)CC(C)(C)C2. The highest BCUT2D eigenvalue weighted by Crippen LogP contribution is 2.54. The molecule has 0 saturated carbocycles. The van der Waals surface area contributed by atoms with Crippen LogP contribution in [0.15, 0.2) is 75.7 Å². The van der Waals surface area contributed by atoms with E-state index in [1.54, 1.807) is 0 Å². The molecule has 6 nitrogen and oxygen atoms in total. The maximum Gasteiger partial charge on any atom is 0.164 e. The number of Topliss-reactive ketones (excluding diaryl/α,β-unsaturated/α-hetero) is 1. The molecule has 0 bridgehead atoms. The molecule has 2 atom stereocenters. The highest BCUT2D eigenvalue weighted by atomic mass is 16.1. The molecule has 1 N–H and O–H groups in total. The third kappa shape index (κ3) is 3.39. The molecule has 33 heavy (non-hydrogen) atoms. The van der Waals surface area contributed by atoms with E-state index in [-0.39, 0.29) is 17.4 Å². The first-order valence-corrected chi connectivity index (χ1v) is 11.7. The maximum absolute atomic E-state index is 13.7. The number of rotatable bonds is 4. The molecule has 2 aliphatic heterocycles. The Hall–Kier alpha value is -3.28. The van der Waals surface area contributed by atoms with E-state index in [0.29, 0.717) is 6.42 Å². The molecule has 2 aromatic rings. The van der Waals surface area contributed by atoms with Crippen LogP contribution in [0.3, 0.4) is 0 Å². The number of carbonyl (C=O) groups excluding carboxylic acids is 1. The summed E-state index contributed by atoms with van der Waals surface area (Å²) in [6.45, 7) is 8.49. The summed E-state index contributed by atoms with van der Waals surface area (Å²) < 4.78 is 0. The number of carbonyl (C=O) groups is 1. The van der Waals surface area contributed by atoms with E-state index in [1.165, 1.54) is 0 Å². The van der Waals surface area contributed by atoms with Crippen molar-refractivity contribution in [1.29, 1.82) is 0 Å². The number of nitrogens with zero attached hydrogens (tertiary/aromatic N) is 4. The lowest BCUT2D eigenvalue weighted by molar-refractivity contribution is -0.119. The number of fused-ring (bicyclic) bond motifs is 1. The van der Waals surface area contributed by atoms with Gasteiger partial charge >= 0.3 is 0 Å². The van der Waals surface area contributed by atoms with Crippen LogP contribution in [0.2, 0.25) is 0 Å². The lowest BCUT2D eigenvalue weighted by atomic mass is 9.59. The minimum absolute atomic E-state index is 0.0712. The first kappa shape index (κ1) is 21.6. The molecule has 3 aliphatic rings. The number of hydrogen-bond donors (Lipinski definition) is 1. The molecule has 3 heterocycles. The Morgan fingerprint density at radius 3 is 2.70 bits per heavy atom. The lowest BCUT2D eigenvalue weighted by Gasteiger charge is -2.48. The molecule has 1 aromatic carbocycles. The van der Waals surface area contributed by atoms with E-state index < -0.39 is 5.41 Å². The summed E-state index contributed by atoms with van der Waals surface area (Å²) in [6.07, 6.45) is 3.79. The Morgan fingerprint density at radius 2 is 1.94 bits per heavy atom. The van der Waals surface area contributed by atoms with E-state index >= 15 is 0 Å². The van der Waals surface area contributed by atoms with Crippen LogP contribution in [0.5, 0.6) is 0 Å². The Labute approximate surface area is 195 Å². The van der Waals surface area contributed by atoms with Gasteiger partial charge in [0, 0.05) is 41.7 Å². The number of nitrogens with one attached hydrogen (secondary N) is 1. The van der Waals surface area contributed by atoms with Crippen LogP contribution in [-0.2, 0) is 10.2 Å². The summed E-state index contributed by atoms with van der Waals surface area (Å²) in [7, 11) is 2.03. The number of hydrogen-bond acceptors (Lipinski definition) is 6. The zero-order valence-electron chi connectivity index (χ0n) is 20.0. The van der Waals surface area contributed by atoms with Crippen molar-refractivity contribution in [2.45, 2.75) is 58.5 Å². The molecule has 1 aliphatic carbocycles. The predicted molar refractivity (Wildman–Crippen MR) is 130 cm³/mol. The maximum atomic E-state index is 13.7. The Morgan fingerprint density at radius 1 is 1.15 bits per heavy atom. The molecule has 170 valence electrons. The van der Waals surface area contributed by atoms with Gasteiger partial charge in [-0.25, -0.2) is 4.98 Å². The molecular weight excluding hydrogens is 410 g/mol. The van der Waals surface area contributed by atoms with Crippen LogP contribution in [0.4, 0.5) is 11.5 Å². The molecule has 5 rings (SSSR count). The number of pyridine rings is 1. The molecule has 0 spiro atoms. The van der Waals surface area contributed by atoms with Crippen molar-refractivity contribution < 1.29 is 4.79 Å². The van der Waals surface area contributed by atoms with Gasteiger partial charge in [0.15, 0.2) is 11.9 Å². The molecule has 0 radical (unpaired) electrons. The smallest absolute Gasteiger partial charge is 0.164 e. The standard InChI is InChI=1S/C27H31N5O/c1-6-27(18-10-8-11-19(13-18)32(5)23-12-7-9-17(2)29-23)20-16-28-31-25(20)30-21-14-26(3,4)15-22(33)24(21)27/h7-13,16,25,30H,6,14-15H2,1-5H3/t25?,27-/m1/s1. The zero-order chi connectivity index (χ0) is 23.4. The summed E-state index contributed by atoms with van der Waals surface area (Å²) in [5, 5.41) is 12.3. The molecular formula is C27H31N5O. The predicted octanol–water partition coefficient (Wildman–Crippen LogP) is 5.73. The second-order valence-corrected chi connectivity index (χ2v) is 10.2. The summed E-state index contributed by atoms with van der Waals surface area (Å²) in [4.78, 5) is 20.4. The van der Waals surface area contributed by atoms with Gasteiger partial charge in [-0.1, -0.05) is 39.0 Å². The summed E-state index contributed by atoms with van der Waals surface area (Å²) >= 11 is 0. The molecule has 1 aromatic heterocycles. The Balaban J connectivity index is 1.67. The molecule has 6 heteroatoms. The van der Waals surface area contributed by atoms with Crippen molar-refractivity contribution in [3.8, 4) is 0 Å². The van der Waals surface area contributed by atoms with Crippen molar-refractivity contribution in [1.82, 2.24) is 10.3 Å². The van der Waals surface area contributed by atoms with Crippen LogP contribution in [0.25, 0.3) is 0 Å². The van der Waals surface area contributed by atoms with Crippen molar-refractivity contribution >= 4 is 17.3 Å². The van der Waals surface area contributed by atoms with Gasteiger partial charge in [-0.3, -0.25) is 4.79 Å². The summed E-state index contributed by atoms with van der Waals surface area (Å²) in [6, 6.07) is 14.5. The van der Waals surface area contributed by atoms with Crippen molar-refractivity contribution in [2.75, 3.05) is 11.9 Å². The van der Waals surface area contributed by atoms with Crippen LogP contribution >= 0.6 is 0 Å². The van der Waals surface area contributed by atoms with Gasteiger partial charge < -0.3 is 10.2 Å². The average Bonchev–Trinajstić information content (AvgIpc) is 3.25. The highest BCUT2D eigenvalue weighted by Gasteiger charge is 2.53. The van der Waals surface area contributed by atoms with Gasteiger partial charge in [0.05, 0.1) is 11.6 Å². The van der Waals surface area contributed by atoms with E-state index in [4.69, 9.17) is 0 Å². The Kier molecular flexibility index (Phi) is 5.00. The van der Waals surface area contributed by atoms with Gasteiger partial charge in [0.1, 0.15) is 5.82 Å². The van der Waals surface area contributed by atoms with Crippen LogP contribution < -0.4 is 10.2 Å². The number of anilines is 2. The van der Waals surface area contributed by atoms with Crippen LogP contribution in [0.1, 0.15) is 51.3 Å². The largest absolute Gasteiger partial charge is 0.362 e. The van der Waals surface area contributed by atoms with E-state index in [2.05, 4.69) is 70.5 Å². The minimum Gasteiger partial charge on any atom is -0.362 e. The fourth-order valence-electron chi connectivity index (χ4n) is 5.72. The Bertz CT molecular complexity index is 1220. The van der Waals surface area contributed by atoms with Gasteiger partial charge in [-0.15, -0.1) is 0 Å². The van der Waals surface area contributed by atoms with Gasteiger partial charge in [0.2, 0.25) is 0 Å². The highest BCUT2D eigenvalue weighted by molar-refractivity contribution is 6.01. The van der Waals surface area contributed by atoms with Crippen molar-refractivity contribution in [3.05, 3.63) is 76.8 Å². The number of aromatic nitrogens is 1. The summed E-state index contributed by atoms with van der Waals surface area (Å²) in [5.41, 5.74) is 5.49. The first-order chi connectivity index (χ1) is 15.7. The van der Waals surface area contributed by atoms with Crippen molar-refractivity contribution in [2.24, 2.45) is 15.6 Å². The second kappa shape index (κ2) is 7.65. The second-order valence-electron chi connectivity index (χ2n) is 10.2. The van der Waals surface area contributed by atoms with Crippen LogP contribution in [-0.4, -0.2) is 24.0 Å². The number of benzene rings is 1. The minimum atomic E-state index is -0.542. The summed E-state index contributed by atoms with van der Waals surface area (Å²) in [5.74, 6) is 1.11. The molecule has 0 amide bonds. The van der Waals surface area contributed by atoms with Gasteiger partial charge in [-0.05, 0) is 55.0 Å². The normalized spacial score (nSPS) is 25.3. The molecule has 1 unspecified atom stereocenters. The number of azo groups is 1. The quantitative estimate of drug-likeness (QED) is 0.658. The number of allylic oxidation sites excluding steroid dienone is 2. The van der Waals surface area contributed by atoms with Gasteiger partial charge in [-0.2, -0.15) is 10.2 Å². The fraction of sp³-hybridized carbons (Fsp3) is 0.407. The van der Waals surface area contributed by atoms with Gasteiger partial charge in [0.25, 0.3) is 0 Å². The van der Waals surface area contributed by atoms with E-state index in [9.17, 15) is 4.79 Å². The van der Waals surface area contributed by atoms with Crippen LogP contribution in [0, 0.1) is 12.3 Å². The van der Waals surface area contributed by atoms with Crippen molar-refractivity contribution in [3.63, 3.8) is 0 Å². The number of aryl methyl sites for hydroxylation is 1. The lowest BCUT2D eigenvalue weighted by Crippen LogP contribution is -2.51. The third-order valence-electron chi connectivity index (χ3n) is 7.25. The number of ketones is 1.